The molecule has 0 saturated carbocycles. The van der Waals surface area contributed by atoms with Crippen LogP contribution in [0.1, 0.15) is 130 Å². The number of aliphatic hydroxyl groups excluding tert-OH is 5. The number of unbranched alkanes of at least 4 members (excludes halogenated alkanes) is 4. The second-order valence-electron chi connectivity index (χ2n) is 20.2. The number of hydrogen-bond donors (Lipinski definition) is 11. The molecular formula is C53H96N8O13S. The van der Waals surface area contributed by atoms with Crippen molar-refractivity contribution < 1.29 is 63.7 Å². The molecule has 22 heteroatoms. The zero-order valence-corrected chi connectivity index (χ0v) is 45.6. The second kappa shape index (κ2) is 41.8. The molecule has 12 N–H and O–H groups in total. The van der Waals surface area contributed by atoms with Gasteiger partial charge in [-0.15, -0.1) is 0 Å². The Hall–Kier alpha value is -4.26. The minimum Gasteiger partial charge on any atom is -0.396 e. The lowest BCUT2D eigenvalue weighted by atomic mass is 9.94. The zero-order valence-electron chi connectivity index (χ0n) is 44.8. The van der Waals surface area contributed by atoms with Crippen LogP contribution in [0, 0.1) is 10.8 Å². The Kier molecular flexibility index (Phi) is 39.5. The highest BCUT2D eigenvalue weighted by atomic mass is 32.2. The van der Waals surface area contributed by atoms with Crippen molar-refractivity contribution in [3.63, 3.8) is 0 Å². The van der Waals surface area contributed by atoms with Crippen LogP contribution in [0.2, 0.25) is 0 Å². The molecule has 2 aliphatic rings. The topological polar surface area (TPSA) is 325 Å². The van der Waals surface area contributed by atoms with Gasteiger partial charge in [0, 0.05) is 65.8 Å². The van der Waals surface area contributed by atoms with Crippen molar-refractivity contribution in [2.45, 2.75) is 161 Å². The third-order valence-corrected chi connectivity index (χ3v) is 13.4. The number of nitrogens with one attached hydrogen (secondary N) is 5. The number of rotatable bonds is 38. The molecule has 0 spiro atoms. The average Bonchev–Trinajstić information content (AvgIpc) is 3.94. The van der Waals surface area contributed by atoms with Gasteiger partial charge in [0.15, 0.2) is 0 Å². The van der Waals surface area contributed by atoms with E-state index >= 15 is 0 Å². The minimum atomic E-state index is -0.925. The van der Waals surface area contributed by atoms with Crippen LogP contribution in [-0.4, -0.2) is 188 Å². The number of hydrazone groups is 1. The van der Waals surface area contributed by atoms with Gasteiger partial charge in [0.2, 0.25) is 17.7 Å². The molecule has 2 fully saturated rings. The fraction of sp³-hybridized carbons (Fsp3) is 0.755. The summed E-state index contributed by atoms with van der Waals surface area (Å²) in [6.07, 6.45) is 9.01. The van der Waals surface area contributed by atoms with E-state index in [2.05, 4.69) is 71.3 Å². The predicted molar refractivity (Wildman–Crippen MR) is 296 cm³/mol. The SMILES string of the molecule is C.C=O.CC(C)(COCCN=C/C(=N\N)c1ccc(CC(=O)NCC(O)CCC(CCC(O)CO)NC(=O)CO)cc1)COCC(C)(C)COCCNC(=O)CCCCC1SCC2NC(=O)NC21.CCCCCCO. The van der Waals surface area contributed by atoms with E-state index in [1.165, 1.54) is 19.3 Å². The largest absolute Gasteiger partial charge is 0.396 e. The van der Waals surface area contributed by atoms with E-state index in [1.54, 1.807) is 30.5 Å². The molecule has 75 heavy (non-hydrogen) atoms. The van der Waals surface area contributed by atoms with Crippen molar-refractivity contribution in [1.82, 2.24) is 26.6 Å². The third-order valence-electron chi connectivity index (χ3n) is 11.9. The Bertz CT molecular complexity index is 1760. The van der Waals surface area contributed by atoms with Crippen LogP contribution in [0.3, 0.4) is 0 Å². The van der Waals surface area contributed by atoms with Crippen LogP contribution < -0.4 is 32.4 Å². The quantitative estimate of drug-likeness (QED) is 0.0149. The van der Waals surface area contributed by atoms with E-state index in [0.717, 1.165) is 42.6 Å². The summed E-state index contributed by atoms with van der Waals surface area (Å²) in [7, 11) is 0. The number of carbonyl (C=O) groups is 5. The van der Waals surface area contributed by atoms with Gasteiger partial charge < -0.3 is 77.0 Å². The van der Waals surface area contributed by atoms with Crippen LogP contribution in [0.25, 0.3) is 0 Å². The van der Waals surface area contributed by atoms with E-state index in [0.29, 0.717) is 89.6 Å². The third kappa shape index (κ3) is 33.5. The Labute approximate surface area is 451 Å². The molecule has 6 unspecified atom stereocenters. The first-order valence-electron chi connectivity index (χ1n) is 26.0. The normalized spacial score (nSPS) is 17.4. The van der Waals surface area contributed by atoms with Crippen molar-refractivity contribution in [2.75, 3.05) is 84.8 Å². The maximum atomic E-state index is 12.6. The van der Waals surface area contributed by atoms with Crippen molar-refractivity contribution in [1.29, 1.82) is 0 Å². The molecule has 0 radical (unpaired) electrons. The number of benzene rings is 1. The molecule has 0 aromatic heterocycles. The van der Waals surface area contributed by atoms with Crippen molar-refractivity contribution in [3.05, 3.63) is 35.4 Å². The summed E-state index contributed by atoms with van der Waals surface area (Å²) in [5.41, 5.74) is 1.49. The molecule has 3 rings (SSSR count). The number of fused-ring (bicyclic) bond motifs is 1. The molecule has 21 nitrogen and oxygen atoms in total. The first kappa shape index (κ1) is 70.7. The highest BCUT2D eigenvalue weighted by Crippen LogP contribution is 2.33. The van der Waals surface area contributed by atoms with Gasteiger partial charge in [-0.1, -0.05) is 92.0 Å². The van der Waals surface area contributed by atoms with Crippen molar-refractivity contribution in [2.24, 2.45) is 26.8 Å². The van der Waals surface area contributed by atoms with E-state index < -0.39 is 37.4 Å². The molecule has 2 saturated heterocycles. The lowest BCUT2D eigenvalue weighted by molar-refractivity contribution is -0.124. The molecule has 1 aromatic rings. The number of thioether (sulfide) groups is 1. The van der Waals surface area contributed by atoms with Crippen LogP contribution in [0.4, 0.5) is 4.79 Å². The maximum Gasteiger partial charge on any atom is 0.315 e. The van der Waals surface area contributed by atoms with Crippen LogP contribution in [0.15, 0.2) is 34.4 Å². The molecule has 0 aliphatic carbocycles. The summed E-state index contributed by atoms with van der Waals surface area (Å²) < 4.78 is 17.8. The number of aliphatic imine (C=N–C) groups is 1. The van der Waals surface area contributed by atoms with Crippen LogP contribution in [0.5, 0.6) is 0 Å². The van der Waals surface area contributed by atoms with Gasteiger partial charge in [-0.25, -0.2) is 4.79 Å². The van der Waals surface area contributed by atoms with E-state index in [4.69, 9.17) is 40.2 Å². The lowest BCUT2D eigenvalue weighted by Crippen LogP contribution is -2.39. The van der Waals surface area contributed by atoms with Gasteiger partial charge >= 0.3 is 6.03 Å². The van der Waals surface area contributed by atoms with Crippen LogP contribution in [-0.2, 0) is 39.8 Å². The van der Waals surface area contributed by atoms with E-state index in [-0.39, 0.29) is 74.0 Å². The Balaban J connectivity index is 0.00000503. The zero-order chi connectivity index (χ0) is 55.2. The van der Waals surface area contributed by atoms with Gasteiger partial charge in [0.25, 0.3) is 0 Å². The fourth-order valence-corrected chi connectivity index (χ4v) is 9.36. The fourth-order valence-electron chi connectivity index (χ4n) is 7.81. The number of nitrogens with zero attached hydrogens (tertiary/aromatic N) is 2. The van der Waals surface area contributed by atoms with E-state index in [9.17, 15) is 29.4 Å². The van der Waals surface area contributed by atoms with E-state index in [1.807, 2.05) is 18.6 Å². The average molecular weight is 1090 g/mol. The summed E-state index contributed by atoms with van der Waals surface area (Å²) in [5.74, 6) is 5.77. The van der Waals surface area contributed by atoms with Gasteiger partial charge in [-0.2, -0.15) is 16.9 Å². The number of amides is 5. The number of ether oxygens (including phenoxy) is 3. The Morgan fingerprint density at radius 3 is 2.09 bits per heavy atom. The minimum absolute atomic E-state index is 0. The molecule has 432 valence electrons. The lowest BCUT2D eigenvalue weighted by Gasteiger charge is -2.29. The van der Waals surface area contributed by atoms with Crippen molar-refractivity contribution in [3.8, 4) is 0 Å². The molecule has 2 aliphatic heterocycles. The van der Waals surface area contributed by atoms with Gasteiger partial charge in [-0.3, -0.25) is 19.4 Å². The summed E-state index contributed by atoms with van der Waals surface area (Å²) in [6, 6.07) is 7.10. The monoisotopic (exact) mass is 1080 g/mol. The molecule has 1 aromatic carbocycles. The number of hydrogen-bond acceptors (Lipinski definition) is 17. The Morgan fingerprint density at radius 2 is 1.48 bits per heavy atom. The second-order valence-corrected chi connectivity index (χ2v) is 21.5. The van der Waals surface area contributed by atoms with Gasteiger partial charge in [-0.05, 0) is 50.5 Å². The van der Waals surface area contributed by atoms with Gasteiger partial charge in [0.05, 0.1) is 83.5 Å². The first-order valence-corrected chi connectivity index (χ1v) is 27.1. The summed E-state index contributed by atoms with van der Waals surface area (Å²) in [4.78, 5) is 60.5. The molecule has 0 bridgehead atoms. The molecule has 5 amide bonds. The highest BCUT2D eigenvalue weighted by Gasteiger charge is 2.42. The smallest absolute Gasteiger partial charge is 0.315 e. The molecular weight excluding hydrogens is 989 g/mol. The number of nitrogens with two attached hydrogens (primary N) is 1. The number of urea groups is 1. The molecule has 2 heterocycles. The standard InChI is InChI=1S/C45H76N8O11S.C6H14O.CH2O.CH4/c1-44(2,29-64-30-45(3,4)28-63-20-18-48-39(58)8-6-5-7-38-42-37(26-65-38)51-43(61)52-42)27-62-19-17-47-23-36(53-46)32-11-9-31(10-12-32)21-40(59)49-22-34(56)15-13-33(50-41(60)25-55)14-16-35(57)24-54;1-2-3-4-5-6-7;1-2;/h9-12,23,33-35,37-38,42,54-57H,5-8,13-22,24-30,46H2,1-4H3,(H,48,58)(H,49,59)(H,50,60)(H2,51,52,61);7H,2-6H2,1H3;1H2;1H4/b47-23?,53-36+;;;. The van der Waals surface area contributed by atoms with Gasteiger partial charge in [0.1, 0.15) is 19.1 Å². The summed E-state index contributed by atoms with van der Waals surface area (Å²) in [5, 5.41) is 65.0. The summed E-state index contributed by atoms with van der Waals surface area (Å²) in [6.45, 7) is 15.4. The van der Waals surface area contributed by atoms with Crippen molar-refractivity contribution >= 4 is 54.2 Å². The maximum absolute atomic E-state index is 12.6. The van der Waals surface area contributed by atoms with Crippen LogP contribution >= 0.6 is 11.8 Å². The number of aliphatic hydroxyl groups is 5. The number of carbonyl (C=O) groups excluding carboxylic acids is 5. The first-order chi connectivity index (χ1) is 35.4. The Morgan fingerprint density at radius 1 is 0.840 bits per heavy atom. The molecule has 6 atom stereocenters. The predicted octanol–water partition coefficient (Wildman–Crippen LogP) is 2.78. The highest BCUT2D eigenvalue weighted by molar-refractivity contribution is 8.00. The summed E-state index contributed by atoms with van der Waals surface area (Å²) >= 11 is 1.89.